The molecular formula is C27H38N2O3. The first-order valence-corrected chi connectivity index (χ1v) is 12.8. The smallest absolute Gasteiger partial charge is 0.310 e. The number of carbonyl (C=O) groups excluding carboxylic acids is 1. The van der Waals surface area contributed by atoms with E-state index in [0.717, 1.165) is 52.2 Å². The highest BCUT2D eigenvalue weighted by molar-refractivity contribution is 5.75. The lowest BCUT2D eigenvalue weighted by Gasteiger charge is -2.51. The minimum atomic E-state index is 0.0374. The van der Waals surface area contributed by atoms with Crippen LogP contribution >= 0.6 is 0 Å². The Morgan fingerprint density at radius 2 is 1.88 bits per heavy atom. The number of nitrogens with zero attached hydrogens (tertiary/aromatic N) is 2. The number of hydrogen-bond acceptors (Lipinski definition) is 5. The van der Waals surface area contributed by atoms with Gasteiger partial charge in [-0.15, -0.1) is 0 Å². The lowest BCUT2D eigenvalue weighted by atomic mass is 9.53. The lowest BCUT2D eigenvalue weighted by molar-refractivity contribution is -0.147. The van der Waals surface area contributed by atoms with E-state index >= 15 is 0 Å². The summed E-state index contributed by atoms with van der Waals surface area (Å²) in [5.41, 5.74) is 4.44. The number of anilines is 1. The van der Waals surface area contributed by atoms with Crippen LogP contribution in [0.2, 0.25) is 0 Å². The van der Waals surface area contributed by atoms with Gasteiger partial charge in [0.1, 0.15) is 6.10 Å². The van der Waals surface area contributed by atoms with Gasteiger partial charge in [0.2, 0.25) is 0 Å². The van der Waals surface area contributed by atoms with Crippen molar-refractivity contribution in [3.63, 3.8) is 0 Å². The predicted molar refractivity (Wildman–Crippen MR) is 125 cm³/mol. The van der Waals surface area contributed by atoms with Crippen LogP contribution in [0.25, 0.3) is 0 Å². The molecule has 0 aromatic heterocycles. The van der Waals surface area contributed by atoms with E-state index in [0.29, 0.717) is 11.8 Å². The molecule has 1 aromatic rings. The molecule has 1 aromatic carbocycles. The number of hydrogen-bond donors (Lipinski definition) is 0. The summed E-state index contributed by atoms with van der Waals surface area (Å²) in [6.07, 6.45) is 6.00. The van der Waals surface area contributed by atoms with Gasteiger partial charge in [-0.05, 0) is 80.5 Å². The summed E-state index contributed by atoms with van der Waals surface area (Å²) >= 11 is 0. The van der Waals surface area contributed by atoms with E-state index in [-0.39, 0.29) is 29.0 Å². The van der Waals surface area contributed by atoms with Crippen LogP contribution in [0.5, 0.6) is 0 Å². The van der Waals surface area contributed by atoms with E-state index in [1.54, 1.807) is 0 Å². The van der Waals surface area contributed by atoms with Crippen LogP contribution in [-0.2, 0) is 14.3 Å². The minimum Gasteiger partial charge on any atom is -0.462 e. The number of epoxide rings is 1. The number of carbonyl (C=O) groups is 1. The molecule has 0 radical (unpaired) electrons. The average molecular weight is 439 g/mol. The lowest BCUT2D eigenvalue weighted by Crippen LogP contribution is -2.52. The SMILES string of the molecule is Cc1ccc(N2CCN(C[C@@H]3C(=O)O[C@@H]4C[C@@]5(C)CCC[C@]6(CO6)[C@@H]5C[C@H]34)CC2)cc1C. The molecule has 0 amide bonds. The Morgan fingerprint density at radius 3 is 2.59 bits per heavy atom. The Kier molecular flexibility index (Phi) is 4.89. The Morgan fingerprint density at radius 1 is 1.09 bits per heavy atom. The van der Waals surface area contributed by atoms with Gasteiger partial charge in [0.05, 0.1) is 18.1 Å². The van der Waals surface area contributed by atoms with Gasteiger partial charge in [0, 0.05) is 44.3 Å². The fourth-order valence-corrected chi connectivity index (χ4v) is 7.55. The molecule has 2 saturated carbocycles. The van der Waals surface area contributed by atoms with Crippen molar-refractivity contribution in [2.24, 2.45) is 23.2 Å². The number of piperazine rings is 1. The number of aryl methyl sites for hydroxylation is 2. The molecule has 3 aliphatic heterocycles. The van der Waals surface area contributed by atoms with Crippen LogP contribution < -0.4 is 4.90 Å². The number of ether oxygens (including phenoxy) is 2. The molecule has 3 saturated heterocycles. The van der Waals surface area contributed by atoms with Crippen LogP contribution in [0, 0.1) is 37.0 Å². The van der Waals surface area contributed by atoms with Gasteiger partial charge in [-0.3, -0.25) is 9.69 Å². The first-order chi connectivity index (χ1) is 15.4. The quantitative estimate of drug-likeness (QED) is 0.528. The molecule has 5 heteroatoms. The summed E-state index contributed by atoms with van der Waals surface area (Å²) in [6.45, 7) is 12.7. The summed E-state index contributed by atoms with van der Waals surface area (Å²) in [4.78, 5) is 18.0. The molecule has 5 nitrogen and oxygen atoms in total. The summed E-state index contributed by atoms with van der Waals surface area (Å²) in [6, 6.07) is 6.78. The highest BCUT2D eigenvalue weighted by Gasteiger charge is 2.65. The van der Waals surface area contributed by atoms with Crippen molar-refractivity contribution in [2.45, 2.75) is 64.6 Å². The number of esters is 1. The zero-order valence-corrected chi connectivity index (χ0v) is 19.9. The van der Waals surface area contributed by atoms with Crippen molar-refractivity contribution in [1.29, 1.82) is 0 Å². The van der Waals surface area contributed by atoms with E-state index in [1.807, 2.05) is 0 Å². The first-order valence-electron chi connectivity index (χ1n) is 12.8. The van der Waals surface area contributed by atoms with Gasteiger partial charge < -0.3 is 14.4 Å². The molecule has 32 heavy (non-hydrogen) atoms. The second-order valence-corrected chi connectivity index (χ2v) is 11.7. The Labute approximate surface area is 192 Å². The van der Waals surface area contributed by atoms with E-state index in [2.05, 4.69) is 48.8 Å². The number of rotatable bonds is 3. The van der Waals surface area contributed by atoms with Gasteiger partial charge >= 0.3 is 5.97 Å². The van der Waals surface area contributed by atoms with E-state index in [1.165, 1.54) is 36.1 Å². The molecule has 0 bridgehead atoms. The molecule has 1 spiro atoms. The summed E-state index contributed by atoms with van der Waals surface area (Å²) in [5, 5.41) is 0. The van der Waals surface area contributed by atoms with Crippen LogP contribution in [0.4, 0.5) is 5.69 Å². The molecule has 5 aliphatic rings. The third-order valence-electron chi connectivity index (χ3n) is 9.76. The summed E-state index contributed by atoms with van der Waals surface area (Å²) in [7, 11) is 0. The molecule has 3 heterocycles. The van der Waals surface area contributed by atoms with Crippen LogP contribution in [0.3, 0.4) is 0 Å². The van der Waals surface area contributed by atoms with Gasteiger partial charge in [0.15, 0.2) is 0 Å². The van der Waals surface area contributed by atoms with Crippen molar-refractivity contribution >= 4 is 11.7 Å². The zero-order chi connectivity index (χ0) is 22.1. The predicted octanol–water partition coefficient (Wildman–Crippen LogP) is 3.95. The highest BCUT2D eigenvalue weighted by Crippen LogP contribution is 2.62. The maximum Gasteiger partial charge on any atom is 0.310 e. The van der Waals surface area contributed by atoms with Gasteiger partial charge in [0.25, 0.3) is 0 Å². The topological polar surface area (TPSA) is 45.3 Å². The van der Waals surface area contributed by atoms with Gasteiger partial charge in [-0.25, -0.2) is 0 Å². The fraction of sp³-hybridized carbons (Fsp3) is 0.741. The largest absolute Gasteiger partial charge is 0.462 e. The van der Waals surface area contributed by atoms with Crippen LogP contribution in [-0.4, -0.2) is 61.9 Å². The van der Waals surface area contributed by atoms with Crippen LogP contribution in [0.15, 0.2) is 18.2 Å². The Bertz CT molecular complexity index is 904. The zero-order valence-electron chi connectivity index (χ0n) is 19.9. The van der Waals surface area contributed by atoms with Gasteiger partial charge in [-0.1, -0.05) is 13.0 Å². The molecule has 6 rings (SSSR count). The molecule has 174 valence electrons. The monoisotopic (exact) mass is 438 g/mol. The summed E-state index contributed by atoms with van der Waals surface area (Å²) in [5.74, 6) is 1.07. The maximum atomic E-state index is 13.0. The van der Waals surface area contributed by atoms with Crippen molar-refractivity contribution in [3.05, 3.63) is 29.3 Å². The maximum absolute atomic E-state index is 13.0. The molecule has 6 atom stereocenters. The van der Waals surface area contributed by atoms with E-state index in [4.69, 9.17) is 9.47 Å². The Hall–Kier alpha value is -1.59. The fourth-order valence-electron chi connectivity index (χ4n) is 7.55. The van der Waals surface area contributed by atoms with Crippen molar-refractivity contribution in [3.8, 4) is 0 Å². The number of benzene rings is 1. The molecule has 2 aliphatic carbocycles. The van der Waals surface area contributed by atoms with Crippen molar-refractivity contribution < 1.29 is 14.3 Å². The highest BCUT2D eigenvalue weighted by atomic mass is 16.6. The standard InChI is InChI=1S/C27H38N2O3/c1-18-5-6-20(13-19(18)2)29-11-9-28(10-12-29)16-22-21-14-24-26(3,15-23(21)32-25(22)30)7-4-8-27(24)17-31-27/h5-6,13,21-24H,4,7-12,14-17H2,1-3H3/t21-,22+,23-,24-,26-,27+/m1/s1. The van der Waals surface area contributed by atoms with E-state index < -0.39 is 0 Å². The third-order valence-corrected chi connectivity index (χ3v) is 9.76. The summed E-state index contributed by atoms with van der Waals surface area (Å²) < 4.78 is 12.1. The van der Waals surface area contributed by atoms with Crippen molar-refractivity contribution in [1.82, 2.24) is 4.90 Å². The second-order valence-electron chi connectivity index (χ2n) is 11.7. The third kappa shape index (κ3) is 3.38. The van der Waals surface area contributed by atoms with Crippen LogP contribution in [0.1, 0.15) is 50.2 Å². The van der Waals surface area contributed by atoms with Crippen molar-refractivity contribution in [2.75, 3.05) is 44.2 Å². The Balaban J connectivity index is 1.11. The first kappa shape index (κ1) is 21.0. The molecule has 0 unspecified atom stereocenters. The average Bonchev–Trinajstić information content (AvgIpc) is 3.47. The molecule has 0 N–H and O–H groups in total. The second kappa shape index (κ2) is 7.46. The number of fused-ring (bicyclic) bond motifs is 3. The normalized spacial score (nSPS) is 41.3. The van der Waals surface area contributed by atoms with E-state index in [9.17, 15) is 4.79 Å². The van der Waals surface area contributed by atoms with Gasteiger partial charge in [-0.2, -0.15) is 0 Å². The molecular weight excluding hydrogens is 400 g/mol. The molecule has 5 fully saturated rings. The minimum absolute atomic E-state index is 0.0374.